The molecule has 2 nitrogen and oxygen atoms in total. The van der Waals surface area contributed by atoms with Gasteiger partial charge in [0, 0.05) is 12.8 Å². The predicted octanol–water partition coefficient (Wildman–Crippen LogP) is 0.817. The van der Waals surface area contributed by atoms with Crippen LogP contribution in [0.15, 0.2) is 0 Å². The van der Waals surface area contributed by atoms with E-state index in [1.807, 2.05) is 0 Å². The number of hydrogen-bond acceptors (Lipinski definition) is 2. The van der Waals surface area contributed by atoms with Crippen LogP contribution in [0.5, 0.6) is 0 Å². The van der Waals surface area contributed by atoms with E-state index >= 15 is 0 Å². The Balaban J connectivity index is 3.12. The van der Waals surface area contributed by atoms with Gasteiger partial charge in [0.25, 0.3) is 0 Å². The van der Waals surface area contributed by atoms with Crippen LogP contribution < -0.4 is 0 Å². The molecule has 0 aliphatic heterocycles. The smallest absolute Gasteiger partial charge is 0.305 e. The minimum absolute atomic E-state index is 0.0922. The Bertz CT molecular complexity index is 102. The van der Waals surface area contributed by atoms with E-state index in [1.54, 1.807) is 0 Å². The van der Waals surface area contributed by atoms with Crippen LogP contribution in [-0.4, -0.2) is 31.3 Å². The van der Waals surface area contributed by atoms with Crippen molar-refractivity contribution < 1.29 is 9.53 Å². The van der Waals surface area contributed by atoms with Crippen LogP contribution in [0.25, 0.3) is 0 Å². The molecule has 0 aromatic heterocycles. The first kappa shape index (κ1) is 9.82. The summed E-state index contributed by atoms with van der Waals surface area (Å²) in [6, 6.07) is 0. The molecule has 0 amide bonds. The molecule has 0 aliphatic carbocycles. The molecule has 0 aliphatic rings. The number of ether oxygens (including phenoxy) is 1. The lowest BCUT2D eigenvalue weighted by Crippen LogP contribution is -2.06. The average Bonchev–Trinajstić information content (AvgIpc) is 1.87. The largest absolute Gasteiger partial charge is 0.469 e. The summed E-state index contributed by atoms with van der Waals surface area (Å²) < 4.78 is 4.50. The maximum atomic E-state index is 10.6. The molecule has 0 heterocycles. The fourth-order valence-corrected chi connectivity index (χ4v) is 1.33. The maximum Gasteiger partial charge on any atom is 0.305 e. The SMILES string of the molecule is COC(=O)CCC[S+](C)C. The van der Waals surface area contributed by atoms with Gasteiger partial charge in [-0.3, -0.25) is 4.79 Å². The first-order valence-electron chi connectivity index (χ1n) is 3.28. The van der Waals surface area contributed by atoms with Crippen molar-refractivity contribution >= 4 is 16.9 Å². The molecule has 0 N–H and O–H groups in total. The number of methoxy groups -OCH3 is 1. The predicted molar refractivity (Wildman–Crippen MR) is 45.3 cm³/mol. The molecule has 0 fully saturated rings. The third kappa shape index (κ3) is 5.95. The molecule has 3 heteroatoms. The Hall–Kier alpha value is -0.180. The molecule has 0 aromatic carbocycles. The van der Waals surface area contributed by atoms with Gasteiger partial charge in [0.05, 0.1) is 19.6 Å². The topological polar surface area (TPSA) is 26.3 Å². The molecule has 0 saturated carbocycles. The van der Waals surface area contributed by atoms with Crippen LogP contribution >= 0.6 is 0 Å². The summed E-state index contributed by atoms with van der Waals surface area (Å²) in [5, 5.41) is 0. The molecular weight excluding hydrogens is 148 g/mol. The Morgan fingerprint density at radius 3 is 2.50 bits per heavy atom. The molecule has 60 valence electrons. The van der Waals surface area contributed by atoms with E-state index in [0.29, 0.717) is 17.3 Å². The summed E-state index contributed by atoms with van der Waals surface area (Å²) in [4.78, 5) is 10.6. The van der Waals surface area contributed by atoms with Gasteiger partial charge in [-0.2, -0.15) is 0 Å². The number of hydrogen-bond donors (Lipinski definition) is 0. The molecular formula is C7H15O2S+. The van der Waals surface area contributed by atoms with E-state index in [4.69, 9.17) is 0 Å². The number of carbonyl (C=O) groups is 1. The third-order valence-corrected chi connectivity index (χ3v) is 2.27. The van der Waals surface area contributed by atoms with Crippen molar-refractivity contribution in [3.63, 3.8) is 0 Å². The molecule has 0 bridgehead atoms. The van der Waals surface area contributed by atoms with E-state index < -0.39 is 0 Å². The Kier molecular flexibility index (Phi) is 5.49. The monoisotopic (exact) mass is 163 g/mol. The molecule has 0 saturated heterocycles. The Morgan fingerprint density at radius 2 is 2.10 bits per heavy atom. The highest BCUT2D eigenvalue weighted by atomic mass is 32.2. The first-order valence-corrected chi connectivity index (χ1v) is 5.49. The van der Waals surface area contributed by atoms with Crippen LogP contribution in [0.4, 0.5) is 0 Å². The summed E-state index contributed by atoms with van der Waals surface area (Å²) in [7, 11) is 1.89. The molecule has 0 atom stereocenters. The highest BCUT2D eigenvalue weighted by Crippen LogP contribution is 1.95. The van der Waals surface area contributed by atoms with Crippen molar-refractivity contribution in [1.29, 1.82) is 0 Å². The van der Waals surface area contributed by atoms with Crippen molar-refractivity contribution in [3.05, 3.63) is 0 Å². The normalized spacial score (nSPS) is 10.0. The van der Waals surface area contributed by atoms with E-state index in [1.165, 1.54) is 7.11 Å². The van der Waals surface area contributed by atoms with E-state index in [2.05, 4.69) is 17.2 Å². The van der Waals surface area contributed by atoms with Crippen LogP contribution in [-0.2, 0) is 20.4 Å². The van der Waals surface area contributed by atoms with Crippen molar-refractivity contribution in [3.8, 4) is 0 Å². The number of esters is 1. The van der Waals surface area contributed by atoms with Crippen molar-refractivity contribution in [2.45, 2.75) is 12.8 Å². The zero-order valence-electron chi connectivity index (χ0n) is 6.85. The number of carbonyl (C=O) groups excluding carboxylic acids is 1. The highest BCUT2D eigenvalue weighted by Gasteiger charge is 2.04. The third-order valence-electron chi connectivity index (χ3n) is 1.16. The summed E-state index contributed by atoms with van der Waals surface area (Å²) in [6.45, 7) is 0. The lowest BCUT2D eigenvalue weighted by molar-refractivity contribution is -0.140. The maximum absolute atomic E-state index is 10.6. The van der Waals surface area contributed by atoms with Gasteiger partial charge in [0.1, 0.15) is 5.75 Å². The zero-order chi connectivity index (χ0) is 7.98. The van der Waals surface area contributed by atoms with Gasteiger partial charge in [-0.25, -0.2) is 0 Å². The molecule has 0 spiro atoms. The lowest BCUT2D eigenvalue weighted by atomic mass is 10.3. The van der Waals surface area contributed by atoms with E-state index in [9.17, 15) is 4.79 Å². The minimum atomic E-state index is -0.0922. The minimum Gasteiger partial charge on any atom is -0.469 e. The van der Waals surface area contributed by atoms with Gasteiger partial charge in [-0.1, -0.05) is 0 Å². The molecule has 0 aromatic rings. The second kappa shape index (κ2) is 5.59. The van der Waals surface area contributed by atoms with Gasteiger partial charge >= 0.3 is 5.97 Å². The van der Waals surface area contributed by atoms with E-state index in [-0.39, 0.29) is 5.97 Å². The van der Waals surface area contributed by atoms with Gasteiger partial charge < -0.3 is 4.74 Å². The molecule has 10 heavy (non-hydrogen) atoms. The average molecular weight is 163 g/mol. The fourth-order valence-electron chi connectivity index (χ4n) is 0.607. The molecule has 0 radical (unpaired) electrons. The summed E-state index contributed by atoms with van der Waals surface area (Å²) in [5.74, 6) is 1.04. The van der Waals surface area contributed by atoms with E-state index in [0.717, 1.165) is 12.2 Å². The van der Waals surface area contributed by atoms with Gasteiger partial charge in [0.15, 0.2) is 0 Å². The highest BCUT2D eigenvalue weighted by molar-refractivity contribution is 7.95. The second-order valence-electron chi connectivity index (χ2n) is 2.37. The van der Waals surface area contributed by atoms with Gasteiger partial charge in [-0.15, -0.1) is 0 Å². The van der Waals surface area contributed by atoms with Crippen LogP contribution in [0.1, 0.15) is 12.8 Å². The lowest BCUT2D eigenvalue weighted by Gasteiger charge is -1.96. The second-order valence-corrected chi connectivity index (χ2v) is 4.75. The van der Waals surface area contributed by atoms with Crippen LogP contribution in [0, 0.1) is 0 Å². The van der Waals surface area contributed by atoms with Crippen LogP contribution in [0.3, 0.4) is 0 Å². The first-order chi connectivity index (χ1) is 4.66. The Morgan fingerprint density at radius 1 is 1.50 bits per heavy atom. The van der Waals surface area contributed by atoms with Crippen molar-refractivity contribution in [1.82, 2.24) is 0 Å². The van der Waals surface area contributed by atoms with Crippen LogP contribution in [0.2, 0.25) is 0 Å². The van der Waals surface area contributed by atoms with Crippen molar-refractivity contribution in [2.75, 3.05) is 25.4 Å². The number of rotatable bonds is 4. The molecule has 0 unspecified atom stereocenters. The zero-order valence-corrected chi connectivity index (χ0v) is 7.66. The quantitative estimate of drug-likeness (QED) is 0.453. The van der Waals surface area contributed by atoms with Gasteiger partial charge in [0.2, 0.25) is 0 Å². The standard InChI is InChI=1S/C7H15O2S/c1-9-7(8)5-4-6-10(2)3/h4-6H2,1-3H3/q+1. The van der Waals surface area contributed by atoms with Gasteiger partial charge in [-0.05, 0) is 10.9 Å². The summed E-state index contributed by atoms with van der Waals surface area (Å²) in [5.41, 5.74) is 0. The molecule has 0 rings (SSSR count). The fraction of sp³-hybridized carbons (Fsp3) is 0.857. The summed E-state index contributed by atoms with van der Waals surface area (Å²) >= 11 is 0. The summed E-state index contributed by atoms with van der Waals surface area (Å²) in [6.07, 6.45) is 5.89. The Labute approximate surface area is 65.3 Å². The van der Waals surface area contributed by atoms with Crippen molar-refractivity contribution in [2.24, 2.45) is 0 Å².